The Hall–Kier alpha value is -3.62. The molecule has 2 aliphatic rings. The molecule has 1 aliphatic heterocycles. The van der Waals surface area contributed by atoms with E-state index in [9.17, 15) is 0 Å². The molecule has 0 spiro atoms. The predicted octanol–water partition coefficient (Wildman–Crippen LogP) is 3.85. The van der Waals surface area contributed by atoms with Crippen LogP contribution in [0.1, 0.15) is 25.1 Å². The highest BCUT2D eigenvalue weighted by atomic mass is 16.5. The number of rotatable bonds is 6. The first-order valence-electron chi connectivity index (χ1n) is 12.0. The molecular weight excluding hydrogens is 438 g/mol. The van der Waals surface area contributed by atoms with Gasteiger partial charge in [0.2, 0.25) is 0 Å². The Morgan fingerprint density at radius 2 is 1.94 bits per heavy atom. The lowest BCUT2D eigenvalue weighted by atomic mass is 9.90. The third kappa shape index (κ3) is 3.79. The van der Waals surface area contributed by atoms with Crippen molar-refractivity contribution in [2.24, 2.45) is 0 Å². The van der Waals surface area contributed by atoms with Gasteiger partial charge < -0.3 is 19.9 Å². The molecular formula is C27H29N7O. The number of nitrogens with one attached hydrogen (secondary N) is 2. The largest absolute Gasteiger partial charge is 0.384 e. The highest BCUT2D eigenvalue weighted by molar-refractivity contribution is 6.03. The number of methoxy groups -OCH3 is 1. The lowest BCUT2D eigenvalue weighted by molar-refractivity contribution is 0.145. The van der Waals surface area contributed by atoms with E-state index in [-0.39, 0.29) is 5.41 Å². The standard InChI is InChI=1S/C27H29N7O/c1-27(2,16-35-3)22-13-19-18(7-8-30-24(19)32-22)25-31-21-15-29-14-20(17-5-4-6-17)23(21)26(33-25)34-11-9-28-10-12-34/h4-8,13-15,28H,9-12,16H2,1-3H3,(H,30,32). The number of H-pyrrole nitrogens is 1. The number of fused-ring (bicyclic) bond motifs is 2. The topological polar surface area (TPSA) is 91.8 Å². The number of piperazine rings is 1. The quantitative estimate of drug-likeness (QED) is 0.445. The second-order valence-corrected chi connectivity index (χ2v) is 9.79. The maximum Gasteiger partial charge on any atom is 0.163 e. The fourth-order valence-electron chi connectivity index (χ4n) is 4.91. The third-order valence-electron chi connectivity index (χ3n) is 6.87. The van der Waals surface area contributed by atoms with Crippen molar-refractivity contribution in [3.8, 4) is 11.4 Å². The monoisotopic (exact) mass is 467 g/mol. The predicted molar refractivity (Wildman–Crippen MR) is 140 cm³/mol. The minimum atomic E-state index is -0.175. The van der Waals surface area contributed by atoms with Crippen molar-refractivity contribution < 1.29 is 4.74 Å². The average Bonchev–Trinajstić information content (AvgIpc) is 3.29. The van der Waals surface area contributed by atoms with Gasteiger partial charge in [-0.15, -0.1) is 0 Å². The number of nitrogens with zero attached hydrogens (tertiary/aromatic N) is 5. The molecule has 35 heavy (non-hydrogen) atoms. The fraction of sp³-hybridized carbons (Fsp3) is 0.333. The summed E-state index contributed by atoms with van der Waals surface area (Å²) in [5.74, 6) is 1.65. The van der Waals surface area contributed by atoms with Crippen LogP contribution in [0.4, 0.5) is 5.82 Å². The summed E-state index contributed by atoms with van der Waals surface area (Å²) < 4.78 is 5.46. The zero-order valence-corrected chi connectivity index (χ0v) is 20.3. The fourth-order valence-corrected chi connectivity index (χ4v) is 4.91. The number of hydrogen-bond donors (Lipinski definition) is 2. The highest BCUT2D eigenvalue weighted by Gasteiger charge is 2.25. The van der Waals surface area contributed by atoms with Crippen LogP contribution in [0.5, 0.6) is 0 Å². The van der Waals surface area contributed by atoms with Crippen molar-refractivity contribution in [3.63, 3.8) is 0 Å². The van der Waals surface area contributed by atoms with Crippen molar-refractivity contribution in [3.05, 3.63) is 60.2 Å². The molecule has 178 valence electrons. The van der Waals surface area contributed by atoms with Crippen LogP contribution in [0.25, 0.3) is 38.9 Å². The number of hydrogen-bond acceptors (Lipinski definition) is 7. The zero-order valence-electron chi connectivity index (χ0n) is 20.3. The van der Waals surface area contributed by atoms with Crippen LogP contribution in [0.3, 0.4) is 0 Å². The van der Waals surface area contributed by atoms with Gasteiger partial charge >= 0.3 is 0 Å². The summed E-state index contributed by atoms with van der Waals surface area (Å²) in [5, 5.41) is 5.51. The Morgan fingerprint density at radius 1 is 1.11 bits per heavy atom. The van der Waals surface area contributed by atoms with Gasteiger partial charge in [0.1, 0.15) is 11.5 Å². The molecule has 4 aromatic rings. The van der Waals surface area contributed by atoms with Crippen LogP contribution in [0.15, 0.2) is 49.0 Å². The van der Waals surface area contributed by atoms with E-state index in [4.69, 9.17) is 14.7 Å². The van der Waals surface area contributed by atoms with Crippen LogP contribution in [0, 0.1) is 0 Å². The van der Waals surface area contributed by atoms with Crippen LogP contribution >= 0.6 is 0 Å². The molecule has 1 fully saturated rings. The van der Waals surface area contributed by atoms with Gasteiger partial charge in [0, 0.05) is 73.3 Å². The van der Waals surface area contributed by atoms with Crippen LogP contribution in [-0.4, -0.2) is 64.8 Å². The molecule has 0 atom stereocenters. The van der Waals surface area contributed by atoms with Gasteiger partial charge in [-0.25, -0.2) is 15.0 Å². The molecule has 2 N–H and O–H groups in total. The van der Waals surface area contributed by atoms with Gasteiger partial charge in [0.15, 0.2) is 5.82 Å². The van der Waals surface area contributed by atoms with Gasteiger partial charge in [-0.05, 0) is 17.7 Å². The number of allylic oxidation sites excluding steroid dienone is 4. The summed E-state index contributed by atoms with van der Waals surface area (Å²) in [6.07, 6.45) is 11.9. The Balaban J connectivity index is 1.56. The minimum absolute atomic E-state index is 0.175. The van der Waals surface area contributed by atoms with Gasteiger partial charge in [0.25, 0.3) is 0 Å². The molecule has 0 amide bonds. The normalized spacial score (nSPS) is 16.1. The van der Waals surface area contributed by atoms with Crippen molar-refractivity contribution in [1.29, 1.82) is 0 Å². The van der Waals surface area contributed by atoms with Crippen molar-refractivity contribution in [2.45, 2.75) is 19.3 Å². The molecule has 8 heteroatoms. The molecule has 4 aromatic heterocycles. The first kappa shape index (κ1) is 21.9. The maximum atomic E-state index is 5.46. The smallest absolute Gasteiger partial charge is 0.163 e. The van der Waals surface area contributed by atoms with Crippen molar-refractivity contribution >= 4 is 33.3 Å². The van der Waals surface area contributed by atoms with Gasteiger partial charge in [-0.1, -0.05) is 32.1 Å². The Kier molecular flexibility index (Phi) is 5.35. The molecule has 0 bridgehead atoms. The summed E-state index contributed by atoms with van der Waals surface area (Å²) in [6.45, 7) is 8.58. The molecule has 5 heterocycles. The lowest BCUT2D eigenvalue weighted by Crippen LogP contribution is -2.44. The molecule has 1 saturated heterocycles. The maximum absolute atomic E-state index is 5.46. The second kappa shape index (κ2) is 8.55. The first-order chi connectivity index (χ1) is 17.0. The van der Waals surface area contributed by atoms with E-state index in [2.05, 4.69) is 63.3 Å². The van der Waals surface area contributed by atoms with Gasteiger partial charge in [-0.3, -0.25) is 4.98 Å². The van der Waals surface area contributed by atoms with E-state index in [0.29, 0.717) is 12.4 Å². The van der Waals surface area contributed by atoms with Crippen LogP contribution < -0.4 is 10.2 Å². The van der Waals surface area contributed by atoms with Crippen LogP contribution in [0.2, 0.25) is 0 Å². The summed E-state index contributed by atoms with van der Waals surface area (Å²) >= 11 is 0. The third-order valence-corrected chi connectivity index (χ3v) is 6.87. The highest BCUT2D eigenvalue weighted by Crippen LogP contribution is 2.37. The Labute approximate surface area is 204 Å². The summed E-state index contributed by atoms with van der Waals surface area (Å²) in [6, 6.07) is 4.16. The average molecular weight is 468 g/mol. The van der Waals surface area contributed by atoms with Crippen molar-refractivity contribution in [2.75, 3.05) is 44.8 Å². The second-order valence-electron chi connectivity index (χ2n) is 9.79. The molecule has 0 aromatic carbocycles. The van der Waals surface area contributed by atoms with E-state index in [1.807, 2.05) is 24.7 Å². The molecule has 0 radical (unpaired) electrons. The molecule has 0 saturated carbocycles. The molecule has 6 rings (SSSR count). The van der Waals surface area contributed by atoms with E-state index in [1.54, 1.807) is 7.11 Å². The lowest BCUT2D eigenvalue weighted by Gasteiger charge is -2.30. The van der Waals surface area contributed by atoms with Crippen LogP contribution in [-0.2, 0) is 10.2 Å². The number of pyridine rings is 2. The van der Waals surface area contributed by atoms with Gasteiger partial charge in [-0.2, -0.15) is 0 Å². The summed E-state index contributed by atoms with van der Waals surface area (Å²) in [7, 11) is 1.73. The number of anilines is 1. The van der Waals surface area contributed by atoms with E-state index < -0.39 is 0 Å². The van der Waals surface area contributed by atoms with E-state index >= 15 is 0 Å². The zero-order chi connectivity index (χ0) is 24.0. The summed E-state index contributed by atoms with van der Waals surface area (Å²) in [4.78, 5) is 25.2. The minimum Gasteiger partial charge on any atom is -0.384 e. The van der Waals surface area contributed by atoms with Crippen molar-refractivity contribution in [1.82, 2.24) is 30.2 Å². The molecule has 1 aliphatic carbocycles. The van der Waals surface area contributed by atoms with E-state index in [1.165, 1.54) is 0 Å². The van der Waals surface area contributed by atoms with E-state index in [0.717, 1.165) is 76.3 Å². The Morgan fingerprint density at radius 3 is 2.69 bits per heavy atom. The SMILES string of the molecule is COCC(C)(C)c1cc2c(-c3nc(N4CCNCC4)c4c(C5=CC=C5)cncc4n3)ccnc2[nH]1. The van der Waals surface area contributed by atoms with Gasteiger partial charge in [0.05, 0.1) is 23.7 Å². The molecule has 8 nitrogen and oxygen atoms in total. The number of aromatic amines is 1. The number of ether oxygens (including phenoxy) is 1. The Bertz CT molecular complexity index is 1480. The first-order valence-corrected chi connectivity index (χ1v) is 12.0. The summed E-state index contributed by atoms with van der Waals surface area (Å²) in [5.41, 5.74) is 5.77. The number of aromatic nitrogens is 5. The molecule has 0 unspecified atom stereocenters.